The average Bonchev–Trinajstić information content (AvgIpc) is 2.60. The van der Waals surface area contributed by atoms with E-state index >= 15 is 0 Å². The molecule has 2 rings (SSSR count). The van der Waals surface area contributed by atoms with Gasteiger partial charge in [0.15, 0.2) is 0 Å². The summed E-state index contributed by atoms with van der Waals surface area (Å²) in [5.41, 5.74) is 7.15. The van der Waals surface area contributed by atoms with Crippen LogP contribution in [-0.4, -0.2) is 16.0 Å². The lowest BCUT2D eigenvalue weighted by molar-refractivity contribution is 0.595. The summed E-state index contributed by atoms with van der Waals surface area (Å²) in [7, 11) is 0. The number of aryl methyl sites for hydroxylation is 1. The molecule has 0 spiro atoms. The number of rotatable bonds is 4. The van der Waals surface area contributed by atoms with E-state index in [4.69, 9.17) is 5.73 Å². The minimum Gasteiger partial charge on any atom is -0.327 e. The maximum Gasteiger partial charge on any atom is 0.127 e. The second kappa shape index (κ2) is 4.89. The Hall–Kier alpha value is -1.00. The van der Waals surface area contributed by atoms with Crippen molar-refractivity contribution in [3.8, 4) is 0 Å². The van der Waals surface area contributed by atoms with Gasteiger partial charge in [-0.1, -0.05) is 13.3 Å². The Bertz CT molecular complexity index is 478. The molecule has 0 saturated heterocycles. The molecule has 2 heterocycles. The van der Waals surface area contributed by atoms with Gasteiger partial charge in [-0.15, -0.1) is 11.3 Å². The summed E-state index contributed by atoms with van der Waals surface area (Å²) in [6.45, 7) is 4.26. The van der Waals surface area contributed by atoms with E-state index in [1.165, 1.54) is 10.3 Å². The molecule has 1 unspecified atom stereocenters. The normalized spacial score (nSPS) is 13.2. The van der Waals surface area contributed by atoms with Gasteiger partial charge in [0.1, 0.15) is 11.2 Å². The van der Waals surface area contributed by atoms with Crippen LogP contribution in [0.1, 0.15) is 30.3 Å². The summed E-state index contributed by atoms with van der Waals surface area (Å²) in [6.07, 6.45) is 4.67. The molecule has 0 amide bonds. The van der Waals surface area contributed by atoms with Gasteiger partial charge >= 0.3 is 0 Å². The third-order valence-electron chi connectivity index (χ3n) is 2.65. The molecule has 0 radical (unpaired) electrons. The number of fused-ring (bicyclic) bond motifs is 1. The van der Waals surface area contributed by atoms with Crippen molar-refractivity contribution >= 4 is 21.6 Å². The number of nitrogens with zero attached hydrogens (tertiary/aromatic N) is 2. The van der Waals surface area contributed by atoms with Gasteiger partial charge in [-0.3, -0.25) is 0 Å². The third-order valence-corrected chi connectivity index (χ3v) is 3.61. The van der Waals surface area contributed by atoms with Gasteiger partial charge in [0.2, 0.25) is 0 Å². The van der Waals surface area contributed by atoms with Crippen LogP contribution < -0.4 is 5.73 Å². The van der Waals surface area contributed by atoms with E-state index in [0.29, 0.717) is 0 Å². The number of hydrogen-bond donors (Lipinski definition) is 1. The first-order valence-electron chi connectivity index (χ1n) is 5.66. The summed E-state index contributed by atoms with van der Waals surface area (Å²) < 4.78 is 0. The lowest BCUT2D eigenvalue weighted by Crippen LogP contribution is -2.22. The first kappa shape index (κ1) is 11.5. The highest BCUT2D eigenvalue weighted by Gasteiger charge is 2.10. The van der Waals surface area contributed by atoms with Crippen LogP contribution in [0.4, 0.5) is 0 Å². The second-order valence-electron chi connectivity index (χ2n) is 4.15. The zero-order valence-electron chi connectivity index (χ0n) is 9.73. The third kappa shape index (κ3) is 2.39. The molecule has 0 aliphatic rings. The minimum atomic E-state index is 0.211. The molecular weight excluding hydrogens is 218 g/mol. The summed E-state index contributed by atoms with van der Waals surface area (Å²) in [4.78, 5) is 11.0. The van der Waals surface area contributed by atoms with E-state index in [9.17, 15) is 0 Å². The fourth-order valence-electron chi connectivity index (χ4n) is 1.91. The number of nitrogens with two attached hydrogens (primary N) is 1. The second-order valence-corrected chi connectivity index (χ2v) is 5.38. The van der Waals surface area contributed by atoms with Crippen molar-refractivity contribution in [2.75, 3.05) is 0 Å². The Morgan fingerprint density at radius 3 is 3.00 bits per heavy atom. The molecular formula is C12H17N3S. The van der Waals surface area contributed by atoms with Gasteiger partial charge in [-0.05, 0) is 19.4 Å². The minimum absolute atomic E-state index is 0.211. The molecule has 0 aliphatic carbocycles. The lowest BCUT2D eigenvalue weighted by atomic mass is 10.1. The molecule has 4 heteroatoms. The molecule has 0 aromatic carbocycles. The van der Waals surface area contributed by atoms with E-state index in [2.05, 4.69) is 29.9 Å². The summed E-state index contributed by atoms with van der Waals surface area (Å²) in [5, 5.41) is 1.18. The van der Waals surface area contributed by atoms with Crippen LogP contribution in [0.2, 0.25) is 0 Å². The number of aromatic nitrogens is 2. The van der Waals surface area contributed by atoms with Crippen LogP contribution in [0, 0.1) is 6.92 Å². The predicted octanol–water partition coefficient (Wildman–Crippen LogP) is 2.67. The smallest absolute Gasteiger partial charge is 0.127 e. The molecule has 0 saturated carbocycles. The molecule has 2 aromatic rings. The quantitative estimate of drug-likeness (QED) is 0.886. The Kier molecular flexibility index (Phi) is 3.51. The van der Waals surface area contributed by atoms with Crippen LogP contribution in [0.5, 0.6) is 0 Å². The van der Waals surface area contributed by atoms with Crippen LogP contribution >= 0.6 is 11.3 Å². The average molecular weight is 235 g/mol. The molecule has 0 fully saturated rings. The zero-order chi connectivity index (χ0) is 11.5. The first-order valence-corrected chi connectivity index (χ1v) is 6.48. The van der Waals surface area contributed by atoms with Gasteiger partial charge < -0.3 is 5.73 Å². The molecule has 3 nitrogen and oxygen atoms in total. The van der Waals surface area contributed by atoms with E-state index in [0.717, 1.165) is 29.8 Å². The van der Waals surface area contributed by atoms with E-state index in [-0.39, 0.29) is 6.04 Å². The van der Waals surface area contributed by atoms with Crippen molar-refractivity contribution in [3.63, 3.8) is 0 Å². The lowest BCUT2D eigenvalue weighted by Gasteiger charge is -2.09. The van der Waals surface area contributed by atoms with Gasteiger partial charge in [-0.2, -0.15) is 0 Å². The largest absolute Gasteiger partial charge is 0.327 e. The highest BCUT2D eigenvalue weighted by atomic mass is 32.1. The highest BCUT2D eigenvalue weighted by Crippen LogP contribution is 2.25. The van der Waals surface area contributed by atoms with E-state index < -0.39 is 0 Å². The van der Waals surface area contributed by atoms with Crippen molar-refractivity contribution in [1.29, 1.82) is 0 Å². The molecule has 86 valence electrons. The Morgan fingerprint density at radius 1 is 1.44 bits per heavy atom. The molecule has 2 N–H and O–H groups in total. The fraction of sp³-hybridized carbons (Fsp3) is 0.500. The van der Waals surface area contributed by atoms with Gasteiger partial charge in [0.25, 0.3) is 0 Å². The summed E-state index contributed by atoms with van der Waals surface area (Å²) >= 11 is 1.71. The molecule has 2 aromatic heterocycles. The Morgan fingerprint density at radius 2 is 2.25 bits per heavy atom. The first-order chi connectivity index (χ1) is 7.70. The number of hydrogen-bond acceptors (Lipinski definition) is 4. The van der Waals surface area contributed by atoms with Crippen molar-refractivity contribution in [3.05, 3.63) is 23.0 Å². The maximum absolute atomic E-state index is 6.06. The SMILES string of the molecule is CCCC(N)Cc1ncnc2sc(C)cc12. The van der Waals surface area contributed by atoms with Crippen LogP contribution in [0.3, 0.4) is 0 Å². The Labute approximate surface area is 99.7 Å². The topological polar surface area (TPSA) is 51.8 Å². The van der Waals surface area contributed by atoms with E-state index in [1.807, 2.05) is 0 Å². The predicted molar refractivity (Wildman–Crippen MR) is 68.7 cm³/mol. The van der Waals surface area contributed by atoms with Crippen LogP contribution in [0.15, 0.2) is 12.4 Å². The summed E-state index contributed by atoms with van der Waals surface area (Å²) in [5.74, 6) is 0. The van der Waals surface area contributed by atoms with Gasteiger partial charge in [-0.25, -0.2) is 9.97 Å². The molecule has 0 bridgehead atoms. The van der Waals surface area contributed by atoms with E-state index in [1.54, 1.807) is 17.7 Å². The van der Waals surface area contributed by atoms with Crippen molar-refractivity contribution < 1.29 is 0 Å². The van der Waals surface area contributed by atoms with Crippen LogP contribution in [-0.2, 0) is 6.42 Å². The standard InChI is InChI=1S/C12H17N3S/c1-3-4-9(13)6-11-10-5-8(2)16-12(10)15-7-14-11/h5,7,9H,3-4,6,13H2,1-2H3. The molecule has 0 aliphatic heterocycles. The molecule has 1 atom stereocenters. The number of thiophene rings is 1. The molecule has 16 heavy (non-hydrogen) atoms. The maximum atomic E-state index is 6.06. The van der Waals surface area contributed by atoms with Crippen LogP contribution in [0.25, 0.3) is 10.2 Å². The van der Waals surface area contributed by atoms with Crippen molar-refractivity contribution in [1.82, 2.24) is 9.97 Å². The van der Waals surface area contributed by atoms with Crippen molar-refractivity contribution in [2.24, 2.45) is 5.73 Å². The Balaban J connectivity index is 2.29. The highest BCUT2D eigenvalue weighted by molar-refractivity contribution is 7.18. The van der Waals surface area contributed by atoms with Crippen molar-refractivity contribution in [2.45, 2.75) is 39.2 Å². The monoisotopic (exact) mass is 235 g/mol. The summed E-state index contributed by atoms with van der Waals surface area (Å²) in [6, 6.07) is 2.37. The van der Waals surface area contributed by atoms with Gasteiger partial charge in [0.05, 0.1) is 5.69 Å². The van der Waals surface area contributed by atoms with Gasteiger partial charge in [0, 0.05) is 22.7 Å². The fourth-order valence-corrected chi connectivity index (χ4v) is 2.78. The zero-order valence-corrected chi connectivity index (χ0v) is 10.5.